The largest absolute Gasteiger partial charge is 0.354 e. The van der Waals surface area contributed by atoms with Crippen LogP contribution in [0.2, 0.25) is 0 Å². The maximum absolute atomic E-state index is 5.76. The van der Waals surface area contributed by atoms with Crippen molar-refractivity contribution in [3.63, 3.8) is 0 Å². The van der Waals surface area contributed by atoms with Gasteiger partial charge >= 0.3 is 0 Å². The molecule has 13 heavy (non-hydrogen) atoms. The predicted molar refractivity (Wildman–Crippen MR) is 53.4 cm³/mol. The van der Waals surface area contributed by atoms with Crippen LogP contribution in [0.5, 0.6) is 0 Å². The van der Waals surface area contributed by atoms with E-state index in [2.05, 4.69) is 22.2 Å². The molecule has 4 heteroatoms. The summed E-state index contributed by atoms with van der Waals surface area (Å²) in [5.41, 5.74) is 5.76. The van der Waals surface area contributed by atoms with Crippen LogP contribution in [-0.4, -0.2) is 22.6 Å². The number of nitrogens with two attached hydrogens (primary N) is 1. The minimum absolute atomic E-state index is 0.274. The van der Waals surface area contributed by atoms with E-state index in [0.717, 1.165) is 19.4 Å². The molecule has 72 valence electrons. The number of aromatic nitrogens is 2. The molecule has 0 bridgehead atoms. The predicted octanol–water partition coefficient (Wildman–Crippen LogP) is 1.02. The van der Waals surface area contributed by atoms with Gasteiger partial charge in [0.25, 0.3) is 0 Å². The molecule has 1 heterocycles. The van der Waals surface area contributed by atoms with E-state index >= 15 is 0 Å². The van der Waals surface area contributed by atoms with Gasteiger partial charge in [-0.25, -0.2) is 9.97 Å². The van der Waals surface area contributed by atoms with E-state index in [4.69, 9.17) is 5.73 Å². The van der Waals surface area contributed by atoms with Crippen molar-refractivity contribution in [3.05, 3.63) is 18.5 Å². The lowest BCUT2D eigenvalue weighted by Gasteiger charge is -2.08. The third kappa shape index (κ3) is 3.85. The molecule has 0 aromatic carbocycles. The third-order valence-electron chi connectivity index (χ3n) is 1.89. The van der Waals surface area contributed by atoms with Gasteiger partial charge in [0.2, 0.25) is 5.95 Å². The lowest BCUT2D eigenvalue weighted by Crippen LogP contribution is -2.22. The standard InChI is InChI=1S/C9H16N4/c1-2-8(10)4-7-13-9-11-5-3-6-12-9/h3,5-6,8H,2,4,7,10H2,1H3,(H,11,12,13). The van der Waals surface area contributed by atoms with Gasteiger partial charge in [-0.2, -0.15) is 0 Å². The van der Waals surface area contributed by atoms with Gasteiger partial charge in [-0.3, -0.25) is 0 Å². The summed E-state index contributed by atoms with van der Waals surface area (Å²) in [7, 11) is 0. The van der Waals surface area contributed by atoms with Crippen LogP contribution in [0.1, 0.15) is 19.8 Å². The molecule has 0 saturated carbocycles. The Kier molecular flexibility index (Phi) is 4.18. The summed E-state index contributed by atoms with van der Waals surface area (Å²) in [6.45, 7) is 2.92. The Bertz CT molecular complexity index is 224. The van der Waals surface area contributed by atoms with Gasteiger partial charge in [-0.1, -0.05) is 6.92 Å². The van der Waals surface area contributed by atoms with Gasteiger partial charge in [-0.05, 0) is 18.9 Å². The van der Waals surface area contributed by atoms with Crippen LogP contribution in [0.4, 0.5) is 5.95 Å². The van der Waals surface area contributed by atoms with Crippen molar-refractivity contribution >= 4 is 5.95 Å². The first-order valence-corrected chi connectivity index (χ1v) is 4.59. The molecule has 0 saturated heterocycles. The first-order valence-electron chi connectivity index (χ1n) is 4.59. The topological polar surface area (TPSA) is 63.8 Å². The summed E-state index contributed by atoms with van der Waals surface area (Å²) in [5, 5.41) is 3.11. The summed E-state index contributed by atoms with van der Waals surface area (Å²) in [4.78, 5) is 8.08. The molecule has 0 radical (unpaired) electrons. The highest BCUT2D eigenvalue weighted by Crippen LogP contribution is 1.97. The molecule has 0 amide bonds. The smallest absolute Gasteiger partial charge is 0.222 e. The summed E-state index contributed by atoms with van der Waals surface area (Å²) in [5.74, 6) is 0.672. The Hall–Kier alpha value is -1.16. The van der Waals surface area contributed by atoms with Crippen molar-refractivity contribution in [1.82, 2.24) is 9.97 Å². The van der Waals surface area contributed by atoms with Crippen LogP contribution in [-0.2, 0) is 0 Å². The van der Waals surface area contributed by atoms with Crippen LogP contribution in [0.15, 0.2) is 18.5 Å². The molecule has 3 N–H and O–H groups in total. The normalized spacial score (nSPS) is 12.5. The highest BCUT2D eigenvalue weighted by molar-refractivity contribution is 5.21. The molecule has 0 aliphatic heterocycles. The highest BCUT2D eigenvalue weighted by Gasteiger charge is 1.98. The van der Waals surface area contributed by atoms with Crippen LogP contribution < -0.4 is 11.1 Å². The number of hydrogen-bond donors (Lipinski definition) is 2. The fourth-order valence-corrected chi connectivity index (χ4v) is 0.964. The van der Waals surface area contributed by atoms with Crippen LogP contribution in [0.25, 0.3) is 0 Å². The minimum Gasteiger partial charge on any atom is -0.354 e. The molecule has 1 atom stereocenters. The Labute approximate surface area is 78.6 Å². The fourth-order valence-electron chi connectivity index (χ4n) is 0.964. The summed E-state index contributed by atoms with van der Waals surface area (Å²) < 4.78 is 0. The average molecular weight is 180 g/mol. The number of hydrogen-bond acceptors (Lipinski definition) is 4. The molecule has 1 unspecified atom stereocenters. The van der Waals surface area contributed by atoms with Gasteiger partial charge in [0, 0.05) is 25.0 Å². The second kappa shape index (κ2) is 5.48. The molecule has 0 fully saturated rings. The average Bonchev–Trinajstić information content (AvgIpc) is 2.19. The Morgan fingerprint density at radius 1 is 1.46 bits per heavy atom. The van der Waals surface area contributed by atoms with Gasteiger partial charge in [-0.15, -0.1) is 0 Å². The van der Waals surface area contributed by atoms with Crippen molar-refractivity contribution < 1.29 is 0 Å². The summed E-state index contributed by atoms with van der Waals surface area (Å²) in [6.07, 6.45) is 5.40. The molecular formula is C9H16N4. The zero-order valence-electron chi connectivity index (χ0n) is 7.90. The van der Waals surface area contributed by atoms with E-state index in [9.17, 15) is 0 Å². The van der Waals surface area contributed by atoms with Gasteiger partial charge in [0.15, 0.2) is 0 Å². The van der Waals surface area contributed by atoms with Gasteiger partial charge in [0.05, 0.1) is 0 Å². The van der Waals surface area contributed by atoms with E-state index in [-0.39, 0.29) is 6.04 Å². The van der Waals surface area contributed by atoms with Crippen molar-refractivity contribution in [3.8, 4) is 0 Å². The van der Waals surface area contributed by atoms with E-state index in [1.54, 1.807) is 18.5 Å². The van der Waals surface area contributed by atoms with E-state index in [0.29, 0.717) is 5.95 Å². The molecule has 1 aromatic heterocycles. The van der Waals surface area contributed by atoms with E-state index in [1.807, 2.05) is 0 Å². The monoisotopic (exact) mass is 180 g/mol. The first-order chi connectivity index (χ1) is 6.33. The molecule has 0 aliphatic carbocycles. The second-order valence-corrected chi connectivity index (χ2v) is 2.96. The number of nitrogens with one attached hydrogen (secondary N) is 1. The molecular weight excluding hydrogens is 164 g/mol. The van der Waals surface area contributed by atoms with E-state index in [1.165, 1.54) is 0 Å². The number of rotatable bonds is 5. The van der Waals surface area contributed by atoms with Gasteiger partial charge in [0.1, 0.15) is 0 Å². The van der Waals surface area contributed by atoms with Crippen molar-refractivity contribution in [2.24, 2.45) is 5.73 Å². The number of nitrogens with zero attached hydrogens (tertiary/aromatic N) is 2. The third-order valence-corrected chi connectivity index (χ3v) is 1.89. The summed E-state index contributed by atoms with van der Waals surface area (Å²) in [6, 6.07) is 2.07. The first kappa shape index (κ1) is 9.92. The maximum Gasteiger partial charge on any atom is 0.222 e. The maximum atomic E-state index is 5.76. The lowest BCUT2D eigenvalue weighted by atomic mass is 10.2. The van der Waals surface area contributed by atoms with Crippen LogP contribution in [0, 0.1) is 0 Å². The SMILES string of the molecule is CCC(N)CCNc1ncccn1. The number of anilines is 1. The Balaban J connectivity index is 2.20. The quantitative estimate of drug-likeness (QED) is 0.710. The van der Waals surface area contributed by atoms with Crippen LogP contribution >= 0.6 is 0 Å². The molecule has 1 rings (SSSR count). The van der Waals surface area contributed by atoms with Crippen molar-refractivity contribution in [2.45, 2.75) is 25.8 Å². The highest BCUT2D eigenvalue weighted by atomic mass is 15.1. The second-order valence-electron chi connectivity index (χ2n) is 2.96. The zero-order valence-corrected chi connectivity index (χ0v) is 7.90. The molecule has 4 nitrogen and oxygen atoms in total. The van der Waals surface area contributed by atoms with Crippen LogP contribution in [0.3, 0.4) is 0 Å². The lowest BCUT2D eigenvalue weighted by molar-refractivity contribution is 0.612. The van der Waals surface area contributed by atoms with Gasteiger partial charge < -0.3 is 11.1 Å². The van der Waals surface area contributed by atoms with E-state index < -0.39 is 0 Å². The minimum atomic E-state index is 0.274. The summed E-state index contributed by atoms with van der Waals surface area (Å²) >= 11 is 0. The molecule has 1 aromatic rings. The Morgan fingerprint density at radius 2 is 2.15 bits per heavy atom. The van der Waals surface area contributed by atoms with Crippen molar-refractivity contribution in [1.29, 1.82) is 0 Å². The molecule has 0 spiro atoms. The van der Waals surface area contributed by atoms with Crippen molar-refractivity contribution in [2.75, 3.05) is 11.9 Å². The Morgan fingerprint density at radius 3 is 2.77 bits per heavy atom. The molecule has 0 aliphatic rings. The zero-order chi connectivity index (χ0) is 9.52. The fraction of sp³-hybridized carbons (Fsp3) is 0.556.